The molecule has 3 heterocycles. The molecule has 2 aliphatic rings. The summed E-state index contributed by atoms with van der Waals surface area (Å²) in [7, 11) is 0. The number of hydrogen-bond donors (Lipinski definition) is 2. The summed E-state index contributed by atoms with van der Waals surface area (Å²) in [6, 6.07) is 9.96. The third-order valence-corrected chi connectivity index (χ3v) is 6.05. The minimum absolute atomic E-state index is 0.230. The van der Waals surface area contributed by atoms with Crippen molar-refractivity contribution in [2.45, 2.75) is 38.1 Å². The molecule has 0 unspecified atom stereocenters. The SMILES string of the molecule is O=C(O)c1cc(C2CC2)cnc1Nc1cccc2c1ccn2CC1CCOCC1. The van der Waals surface area contributed by atoms with Crippen molar-refractivity contribution in [3.63, 3.8) is 0 Å². The van der Waals surface area contributed by atoms with Gasteiger partial charge in [0.15, 0.2) is 0 Å². The molecule has 1 saturated carbocycles. The number of nitrogens with one attached hydrogen (secondary N) is 1. The molecule has 6 nitrogen and oxygen atoms in total. The van der Waals surface area contributed by atoms with Gasteiger partial charge in [-0.3, -0.25) is 0 Å². The van der Waals surface area contributed by atoms with Crippen LogP contribution in [-0.4, -0.2) is 33.8 Å². The Balaban J connectivity index is 1.44. The molecule has 29 heavy (non-hydrogen) atoms. The maximum atomic E-state index is 11.8. The van der Waals surface area contributed by atoms with Gasteiger partial charge in [0.05, 0.1) is 5.52 Å². The van der Waals surface area contributed by atoms with Gasteiger partial charge in [-0.2, -0.15) is 0 Å². The lowest BCUT2D eigenvalue weighted by Crippen LogP contribution is -2.20. The molecule has 5 rings (SSSR count). The summed E-state index contributed by atoms with van der Waals surface area (Å²) in [5, 5.41) is 14.0. The van der Waals surface area contributed by atoms with Crippen molar-refractivity contribution in [1.29, 1.82) is 0 Å². The van der Waals surface area contributed by atoms with Crippen LogP contribution in [0.1, 0.15) is 47.5 Å². The summed E-state index contributed by atoms with van der Waals surface area (Å²) >= 11 is 0. The lowest BCUT2D eigenvalue weighted by atomic mass is 10.0. The molecule has 2 aromatic heterocycles. The number of aromatic nitrogens is 2. The van der Waals surface area contributed by atoms with Gasteiger partial charge in [-0.25, -0.2) is 9.78 Å². The normalized spacial score (nSPS) is 17.5. The van der Waals surface area contributed by atoms with Gasteiger partial charge in [0.1, 0.15) is 11.4 Å². The molecule has 1 aromatic carbocycles. The van der Waals surface area contributed by atoms with Crippen molar-refractivity contribution in [3.05, 3.63) is 53.9 Å². The zero-order chi connectivity index (χ0) is 19.8. The molecule has 2 N–H and O–H groups in total. The Hall–Kier alpha value is -2.86. The Morgan fingerprint density at radius 1 is 1.21 bits per heavy atom. The number of hydrogen-bond acceptors (Lipinski definition) is 4. The van der Waals surface area contributed by atoms with E-state index in [0.29, 0.717) is 17.7 Å². The summed E-state index contributed by atoms with van der Waals surface area (Å²) in [6.07, 6.45) is 8.35. The quantitative estimate of drug-likeness (QED) is 0.632. The summed E-state index contributed by atoms with van der Waals surface area (Å²) in [5.41, 5.74) is 3.28. The van der Waals surface area contributed by atoms with E-state index < -0.39 is 5.97 Å². The lowest BCUT2D eigenvalue weighted by Gasteiger charge is -2.22. The Bertz CT molecular complexity index is 1050. The minimum Gasteiger partial charge on any atom is -0.478 e. The van der Waals surface area contributed by atoms with Crippen LogP contribution in [-0.2, 0) is 11.3 Å². The molecule has 3 aromatic rings. The molecule has 2 fully saturated rings. The topological polar surface area (TPSA) is 76.4 Å². The van der Waals surface area contributed by atoms with Crippen molar-refractivity contribution in [2.75, 3.05) is 18.5 Å². The molecule has 0 spiro atoms. The number of anilines is 2. The molecule has 0 radical (unpaired) electrons. The third kappa shape index (κ3) is 3.72. The van der Waals surface area contributed by atoms with Crippen LogP contribution >= 0.6 is 0 Å². The molecule has 6 heteroatoms. The van der Waals surface area contributed by atoms with Crippen molar-refractivity contribution in [2.24, 2.45) is 5.92 Å². The van der Waals surface area contributed by atoms with Crippen molar-refractivity contribution in [3.8, 4) is 0 Å². The van der Waals surface area contributed by atoms with Gasteiger partial charge in [-0.15, -0.1) is 0 Å². The molecular formula is C23H25N3O3. The highest BCUT2D eigenvalue weighted by atomic mass is 16.5. The fourth-order valence-corrected chi connectivity index (χ4v) is 4.21. The van der Waals surface area contributed by atoms with Crippen molar-refractivity contribution < 1.29 is 14.6 Å². The second kappa shape index (κ2) is 7.52. The summed E-state index contributed by atoms with van der Waals surface area (Å²) < 4.78 is 7.77. The molecule has 0 amide bonds. The number of aromatic carboxylic acids is 1. The van der Waals surface area contributed by atoms with E-state index in [1.165, 1.54) is 0 Å². The molecular weight excluding hydrogens is 366 g/mol. The second-order valence-electron chi connectivity index (χ2n) is 8.13. The fraction of sp³-hybridized carbons (Fsp3) is 0.391. The molecule has 0 atom stereocenters. The largest absolute Gasteiger partial charge is 0.478 e. The predicted octanol–water partition coefficient (Wildman–Crippen LogP) is 4.78. The van der Waals surface area contributed by atoms with Gasteiger partial charge in [0, 0.05) is 43.2 Å². The number of carbonyl (C=O) groups is 1. The number of carboxylic acid groups (broad SMARTS) is 1. The zero-order valence-electron chi connectivity index (χ0n) is 16.3. The lowest BCUT2D eigenvalue weighted by molar-refractivity contribution is 0.0616. The first-order valence-corrected chi connectivity index (χ1v) is 10.3. The van der Waals surface area contributed by atoms with Gasteiger partial charge in [0.2, 0.25) is 0 Å². The Labute approximate surface area is 169 Å². The number of benzene rings is 1. The monoisotopic (exact) mass is 391 g/mol. The molecule has 1 aliphatic carbocycles. The molecule has 1 aliphatic heterocycles. The maximum Gasteiger partial charge on any atom is 0.339 e. The van der Waals surface area contributed by atoms with Crippen LogP contribution in [0.4, 0.5) is 11.5 Å². The van der Waals surface area contributed by atoms with Crippen LogP contribution in [0.3, 0.4) is 0 Å². The van der Waals surface area contributed by atoms with E-state index in [4.69, 9.17) is 4.74 Å². The summed E-state index contributed by atoms with van der Waals surface area (Å²) in [6.45, 7) is 2.67. The van der Waals surface area contributed by atoms with E-state index >= 15 is 0 Å². The highest BCUT2D eigenvalue weighted by molar-refractivity contribution is 5.98. The Kier molecular flexibility index (Phi) is 4.72. The van der Waals surface area contributed by atoms with Gasteiger partial charge in [-0.1, -0.05) is 6.07 Å². The van der Waals surface area contributed by atoms with Crippen molar-refractivity contribution >= 4 is 28.4 Å². The van der Waals surface area contributed by atoms with Crippen LogP contribution in [0.25, 0.3) is 10.9 Å². The first-order valence-electron chi connectivity index (χ1n) is 10.3. The van der Waals surface area contributed by atoms with E-state index in [9.17, 15) is 9.90 Å². The number of pyridine rings is 1. The molecule has 150 valence electrons. The smallest absolute Gasteiger partial charge is 0.339 e. The Morgan fingerprint density at radius 3 is 2.79 bits per heavy atom. The number of fused-ring (bicyclic) bond motifs is 1. The van der Waals surface area contributed by atoms with Gasteiger partial charge < -0.3 is 19.7 Å². The van der Waals surface area contributed by atoms with Crippen LogP contribution < -0.4 is 5.32 Å². The third-order valence-electron chi connectivity index (χ3n) is 6.05. The zero-order valence-corrected chi connectivity index (χ0v) is 16.3. The fourth-order valence-electron chi connectivity index (χ4n) is 4.21. The van der Waals surface area contributed by atoms with Gasteiger partial charge >= 0.3 is 5.97 Å². The summed E-state index contributed by atoms with van der Waals surface area (Å²) in [4.78, 5) is 16.3. The number of nitrogens with zero attached hydrogens (tertiary/aromatic N) is 2. The van der Waals surface area contributed by atoms with E-state index in [0.717, 1.165) is 67.6 Å². The van der Waals surface area contributed by atoms with E-state index in [1.54, 1.807) is 6.07 Å². The molecule has 1 saturated heterocycles. The predicted molar refractivity (Wildman–Crippen MR) is 112 cm³/mol. The highest BCUT2D eigenvalue weighted by Crippen LogP contribution is 2.40. The molecule has 0 bridgehead atoms. The van der Waals surface area contributed by atoms with Crippen LogP contribution in [0, 0.1) is 5.92 Å². The van der Waals surface area contributed by atoms with Crippen molar-refractivity contribution in [1.82, 2.24) is 9.55 Å². The standard InChI is InChI=1S/C23H25N3O3/c27-23(28)19-12-17(16-4-5-16)13-24-22(19)25-20-2-1-3-21-18(20)6-9-26(21)14-15-7-10-29-11-8-15/h1-3,6,9,12-13,15-16H,4-5,7-8,10-11,14H2,(H,24,25)(H,27,28). The minimum atomic E-state index is -0.952. The summed E-state index contributed by atoms with van der Waals surface area (Å²) in [5.74, 6) is 0.543. The van der Waals surface area contributed by atoms with Crippen LogP contribution in [0.5, 0.6) is 0 Å². The van der Waals surface area contributed by atoms with Gasteiger partial charge in [0.25, 0.3) is 0 Å². The number of carboxylic acids is 1. The maximum absolute atomic E-state index is 11.8. The Morgan fingerprint density at radius 2 is 2.03 bits per heavy atom. The van der Waals surface area contributed by atoms with E-state index in [2.05, 4.69) is 33.2 Å². The highest BCUT2D eigenvalue weighted by Gasteiger charge is 2.26. The van der Waals surface area contributed by atoms with E-state index in [-0.39, 0.29) is 5.56 Å². The first-order chi connectivity index (χ1) is 14.2. The average Bonchev–Trinajstić information content (AvgIpc) is 3.51. The first kappa shape index (κ1) is 18.2. The van der Waals surface area contributed by atoms with Gasteiger partial charge in [-0.05, 0) is 67.3 Å². The second-order valence-corrected chi connectivity index (χ2v) is 8.13. The average molecular weight is 391 g/mol. The number of rotatable bonds is 6. The number of ether oxygens (including phenoxy) is 1. The van der Waals surface area contributed by atoms with E-state index in [1.807, 2.05) is 18.3 Å². The van der Waals surface area contributed by atoms with Crippen LogP contribution in [0.15, 0.2) is 42.7 Å². The van der Waals surface area contributed by atoms with Crippen LogP contribution in [0.2, 0.25) is 0 Å².